The fourth-order valence-electron chi connectivity index (χ4n) is 3.54. The Kier molecular flexibility index (Phi) is 5.30. The highest BCUT2D eigenvalue weighted by molar-refractivity contribution is 5.76. The fraction of sp³-hybridized carbons (Fsp3) is 0.550. The van der Waals surface area contributed by atoms with Crippen molar-refractivity contribution in [3.8, 4) is 12.3 Å². The topological polar surface area (TPSA) is 45.0 Å². The molecule has 1 aromatic carbocycles. The van der Waals surface area contributed by atoms with Gasteiger partial charge < -0.3 is 4.90 Å². The number of likely N-dealkylation sites (tertiary alicyclic amines) is 1. The molecule has 2 aliphatic heterocycles. The molecule has 0 bridgehead atoms. The van der Waals surface area contributed by atoms with Crippen LogP contribution in [-0.4, -0.2) is 29.6 Å². The number of carbonyl (C=O) groups is 1. The smallest absolute Gasteiger partial charge is 0.222 e. The average Bonchev–Trinajstić information content (AvgIpc) is 3.39. The quantitative estimate of drug-likeness (QED) is 0.703. The molecule has 1 fully saturated rings. The summed E-state index contributed by atoms with van der Waals surface area (Å²) in [6, 6.07) is 10.6. The largest absolute Gasteiger partial charge is 0.342 e. The van der Waals surface area contributed by atoms with E-state index in [1.54, 1.807) is 0 Å². The van der Waals surface area contributed by atoms with E-state index in [0.29, 0.717) is 25.2 Å². The molecule has 1 unspecified atom stereocenters. The minimum atomic E-state index is -0.346. The first-order valence-electron chi connectivity index (χ1n) is 8.90. The highest BCUT2D eigenvalue weighted by atomic mass is 16.2. The third-order valence-electron chi connectivity index (χ3n) is 5.03. The molecule has 2 aliphatic rings. The molecule has 0 N–H and O–H groups in total. The van der Waals surface area contributed by atoms with Gasteiger partial charge in [0.15, 0.2) is 5.66 Å². The molecule has 24 heavy (non-hydrogen) atoms. The van der Waals surface area contributed by atoms with Crippen molar-refractivity contribution in [2.24, 2.45) is 16.1 Å². The van der Waals surface area contributed by atoms with Gasteiger partial charge in [-0.3, -0.25) is 4.79 Å². The van der Waals surface area contributed by atoms with Crippen LogP contribution in [0.5, 0.6) is 0 Å². The Hall–Kier alpha value is -2.15. The molecule has 0 aliphatic carbocycles. The Morgan fingerprint density at radius 1 is 1.29 bits per heavy atom. The third kappa shape index (κ3) is 4.44. The zero-order valence-electron chi connectivity index (χ0n) is 14.2. The van der Waals surface area contributed by atoms with Gasteiger partial charge in [-0.15, -0.1) is 12.3 Å². The van der Waals surface area contributed by atoms with E-state index in [4.69, 9.17) is 6.42 Å². The second-order valence-corrected chi connectivity index (χ2v) is 6.92. The van der Waals surface area contributed by atoms with Crippen LogP contribution in [0.4, 0.5) is 0 Å². The van der Waals surface area contributed by atoms with Crippen LogP contribution in [0.15, 0.2) is 40.6 Å². The Morgan fingerprint density at radius 3 is 2.79 bits per heavy atom. The molecule has 126 valence electrons. The summed E-state index contributed by atoms with van der Waals surface area (Å²) in [5, 5.41) is 8.24. The molecule has 2 heterocycles. The van der Waals surface area contributed by atoms with Crippen LogP contribution in [0.25, 0.3) is 0 Å². The molecule has 0 aromatic heterocycles. The third-order valence-corrected chi connectivity index (χ3v) is 5.03. The second-order valence-electron chi connectivity index (χ2n) is 6.92. The molecule has 4 heteroatoms. The average molecular weight is 323 g/mol. The Morgan fingerprint density at radius 2 is 2.08 bits per heavy atom. The minimum absolute atomic E-state index is 0.241. The number of terminal acetylenes is 1. The van der Waals surface area contributed by atoms with Crippen LogP contribution in [0.3, 0.4) is 0 Å². The number of hydrogen-bond donors (Lipinski definition) is 0. The lowest BCUT2D eigenvalue weighted by Crippen LogP contribution is -2.40. The Labute approximate surface area is 144 Å². The van der Waals surface area contributed by atoms with E-state index >= 15 is 0 Å². The standard InChI is InChI=1S/C20H25N3O/c1-2-3-12-20(21-22-20)13-11-19(24)23-14-7-10-18(16-23)15-17-8-5-4-6-9-17/h1,4-6,8-9,18H,3,7,10-16H2. The number of amides is 1. The summed E-state index contributed by atoms with van der Waals surface area (Å²) >= 11 is 0. The predicted octanol–water partition coefficient (Wildman–Crippen LogP) is 3.82. The first kappa shape index (κ1) is 16.7. The van der Waals surface area contributed by atoms with E-state index in [1.807, 2.05) is 11.0 Å². The van der Waals surface area contributed by atoms with Gasteiger partial charge >= 0.3 is 0 Å². The van der Waals surface area contributed by atoms with Crippen LogP contribution < -0.4 is 0 Å². The van der Waals surface area contributed by atoms with Crippen molar-refractivity contribution in [1.82, 2.24) is 4.90 Å². The van der Waals surface area contributed by atoms with Crippen LogP contribution >= 0.6 is 0 Å². The lowest BCUT2D eigenvalue weighted by molar-refractivity contribution is -0.133. The maximum absolute atomic E-state index is 12.5. The Bertz CT molecular complexity index is 626. The summed E-state index contributed by atoms with van der Waals surface area (Å²) in [6.45, 7) is 1.76. The number of carbonyl (C=O) groups excluding carboxylic acids is 1. The summed E-state index contributed by atoms with van der Waals surface area (Å²) < 4.78 is 0. The molecule has 3 rings (SSSR count). The van der Waals surface area contributed by atoms with Crippen molar-refractivity contribution in [3.05, 3.63) is 35.9 Å². The van der Waals surface area contributed by atoms with Gasteiger partial charge in [0.25, 0.3) is 0 Å². The molecule has 1 saturated heterocycles. The van der Waals surface area contributed by atoms with Gasteiger partial charge in [-0.2, -0.15) is 10.2 Å². The lowest BCUT2D eigenvalue weighted by Gasteiger charge is -2.33. The number of piperidine rings is 1. The van der Waals surface area contributed by atoms with Crippen molar-refractivity contribution in [1.29, 1.82) is 0 Å². The van der Waals surface area contributed by atoms with Gasteiger partial charge in [0.2, 0.25) is 5.91 Å². The van der Waals surface area contributed by atoms with E-state index < -0.39 is 0 Å². The number of nitrogens with zero attached hydrogens (tertiary/aromatic N) is 3. The van der Waals surface area contributed by atoms with Crippen LogP contribution in [0.1, 0.15) is 44.1 Å². The van der Waals surface area contributed by atoms with Crippen LogP contribution in [-0.2, 0) is 11.2 Å². The highest BCUT2D eigenvalue weighted by Gasteiger charge is 2.39. The van der Waals surface area contributed by atoms with Gasteiger partial charge in [-0.1, -0.05) is 30.3 Å². The first-order valence-corrected chi connectivity index (χ1v) is 8.90. The van der Waals surface area contributed by atoms with E-state index in [0.717, 1.165) is 32.4 Å². The molecule has 0 spiro atoms. The molecule has 0 radical (unpaired) electrons. The summed E-state index contributed by atoms with van der Waals surface area (Å²) in [7, 11) is 0. The minimum Gasteiger partial charge on any atom is -0.342 e. The van der Waals surface area contributed by atoms with Crippen molar-refractivity contribution in [2.45, 2.75) is 50.6 Å². The van der Waals surface area contributed by atoms with Crippen molar-refractivity contribution in [3.63, 3.8) is 0 Å². The van der Waals surface area contributed by atoms with Crippen LogP contribution in [0.2, 0.25) is 0 Å². The van der Waals surface area contributed by atoms with Crippen LogP contribution in [0, 0.1) is 18.3 Å². The Balaban J connectivity index is 1.46. The summed E-state index contributed by atoms with van der Waals surface area (Å²) in [5.74, 6) is 3.43. The molecule has 0 saturated carbocycles. The van der Waals surface area contributed by atoms with Gasteiger partial charge in [0.05, 0.1) is 0 Å². The van der Waals surface area contributed by atoms with E-state index in [9.17, 15) is 4.79 Å². The normalized spacial score (nSPS) is 21.3. The number of hydrogen-bond acceptors (Lipinski definition) is 3. The summed E-state index contributed by atoms with van der Waals surface area (Å²) in [6.07, 6.45) is 11.3. The number of benzene rings is 1. The SMILES string of the molecule is C#CCCC1(CCC(=O)N2CCCC(Cc3ccccc3)C2)N=N1. The van der Waals surface area contributed by atoms with Gasteiger partial charge in [0.1, 0.15) is 0 Å². The lowest BCUT2D eigenvalue weighted by atomic mass is 9.91. The highest BCUT2D eigenvalue weighted by Crippen LogP contribution is 2.37. The molecule has 4 nitrogen and oxygen atoms in total. The van der Waals surface area contributed by atoms with Crippen molar-refractivity contribution >= 4 is 5.91 Å². The second kappa shape index (κ2) is 7.61. The van der Waals surface area contributed by atoms with Gasteiger partial charge in [-0.25, -0.2) is 0 Å². The zero-order valence-corrected chi connectivity index (χ0v) is 14.2. The molecule has 1 atom stereocenters. The fourth-order valence-corrected chi connectivity index (χ4v) is 3.54. The van der Waals surface area contributed by atoms with Gasteiger partial charge in [0, 0.05) is 38.8 Å². The first-order chi connectivity index (χ1) is 11.7. The molecule has 1 aromatic rings. The summed E-state index contributed by atoms with van der Waals surface area (Å²) in [4.78, 5) is 14.6. The maximum atomic E-state index is 12.5. The number of rotatable bonds is 7. The summed E-state index contributed by atoms with van der Waals surface area (Å²) in [5.41, 5.74) is 1.02. The van der Waals surface area contributed by atoms with Gasteiger partial charge in [-0.05, 0) is 30.7 Å². The zero-order chi connectivity index (χ0) is 16.8. The van der Waals surface area contributed by atoms with Crippen molar-refractivity contribution in [2.75, 3.05) is 13.1 Å². The van der Waals surface area contributed by atoms with E-state index in [2.05, 4.69) is 40.4 Å². The predicted molar refractivity (Wildman–Crippen MR) is 94.3 cm³/mol. The molecule has 1 amide bonds. The van der Waals surface area contributed by atoms with Crippen molar-refractivity contribution < 1.29 is 4.79 Å². The molecular weight excluding hydrogens is 298 g/mol. The molecular formula is C20H25N3O. The maximum Gasteiger partial charge on any atom is 0.222 e. The van der Waals surface area contributed by atoms with E-state index in [1.165, 1.54) is 12.0 Å². The van der Waals surface area contributed by atoms with E-state index in [-0.39, 0.29) is 11.6 Å². The monoisotopic (exact) mass is 323 g/mol.